The van der Waals surface area contributed by atoms with Gasteiger partial charge in [-0.2, -0.15) is 0 Å². The zero-order valence-electron chi connectivity index (χ0n) is 12.8. The van der Waals surface area contributed by atoms with Gasteiger partial charge in [-0.1, -0.05) is 66.3 Å². The molecule has 1 rings (SSSR count). The first kappa shape index (κ1) is 15.5. The molecule has 2 heteroatoms. The van der Waals surface area contributed by atoms with E-state index in [1.807, 2.05) is 12.1 Å². The third-order valence-electron chi connectivity index (χ3n) is 3.27. The van der Waals surface area contributed by atoms with Crippen LogP contribution in [-0.4, -0.2) is 11.1 Å². The van der Waals surface area contributed by atoms with Gasteiger partial charge in [-0.25, -0.2) is 4.79 Å². The molecule has 0 aliphatic heterocycles. The van der Waals surface area contributed by atoms with E-state index in [0.29, 0.717) is 5.56 Å². The summed E-state index contributed by atoms with van der Waals surface area (Å²) in [5, 5.41) is 9.12. The normalized spacial score (nSPS) is 12.3. The van der Waals surface area contributed by atoms with Gasteiger partial charge in [-0.05, 0) is 27.5 Å². The zero-order chi connectivity index (χ0) is 15.0. The number of carboxylic acid groups (broad SMARTS) is 1. The smallest absolute Gasteiger partial charge is 0.335 e. The molecule has 0 unspecified atom stereocenters. The summed E-state index contributed by atoms with van der Waals surface area (Å²) in [4.78, 5) is 11.1. The van der Waals surface area contributed by atoms with Crippen molar-refractivity contribution in [3.8, 4) is 0 Å². The van der Waals surface area contributed by atoms with Crippen molar-refractivity contribution in [2.24, 2.45) is 0 Å². The van der Waals surface area contributed by atoms with Crippen LogP contribution in [-0.2, 0) is 15.6 Å². The molecule has 0 radical (unpaired) electrons. The van der Waals surface area contributed by atoms with E-state index >= 15 is 0 Å². The fourth-order valence-corrected chi connectivity index (χ4v) is 1.79. The average Bonchev–Trinajstić information content (AvgIpc) is 2.24. The highest BCUT2D eigenvalue weighted by Gasteiger charge is 2.22. The second kappa shape index (κ2) is 4.84. The number of hydrogen-bond acceptors (Lipinski definition) is 1. The lowest BCUT2D eigenvalue weighted by molar-refractivity contribution is -0.130. The van der Waals surface area contributed by atoms with Crippen molar-refractivity contribution < 1.29 is 9.90 Å². The second-order valence-electron chi connectivity index (χ2n) is 7.08. The molecule has 0 amide bonds. The number of hydrogen-bond donors (Lipinski definition) is 1. The van der Waals surface area contributed by atoms with Gasteiger partial charge in [-0.3, -0.25) is 0 Å². The molecule has 104 valence electrons. The van der Waals surface area contributed by atoms with E-state index in [9.17, 15) is 4.79 Å². The summed E-state index contributed by atoms with van der Waals surface area (Å²) in [6, 6.07) is 6.04. The number of benzene rings is 1. The Labute approximate surface area is 116 Å². The first-order chi connectivity index (χ1) is 8.43. The SMILES string of the molecule is C=C(C(=O)O)c1cc(C(C)(C)C)cc(C(C)(C)C)c1. The first-order valence-corrected chi connectivity index (χ1v) is 6.51. The van der Waals surface area contributed by atoms with Crippen LogP contribution in [0.15, 0.2) is 24.8 Å². The molecule has 1 aromatic carbocycles. The number of carbonyl (C=O) groups is 1. The van der Waals surface area contributed by atoms with E-state index < -0.39 is 5.97 Å². The van der Waals surface area contributed by atoms with Crippen LogP contribution in [0.5, 0.6) is 0 Å². The molecule has 0 aliphatic rings. The minimum absolute atomic E-state index is 0.0191. The molecule has 2 nitrogen and oxygen atoms in total. The van der Waals surface area contributed by atoms with Gasteiger partial charge in [0.05, 0.1) is 5.57 Å². The predicted octanol–water partition coefficient (Wildman–Crippen LogP) is 4.38. The molecule has 19 heavy (non-hydrogen) atoms. The lowest BCUT2D eigenvalue weighted by Crippen LogP contribution is -2.17. The molecule has 0 bridgehead atoms. The van der Waals surface area contributed by atoms with Crippen LogP contribution in [0.4, 0.5) is 0 Å². The van der Waals surface area contributed by atoms with Crippen molar-refractivity contribution in [2.75, 3.05) is 0 Å². The fourth-order valence-electron chi connectivity index (χ4n) is 1.79. The molecule has 0 aliphatic carbocycles. The van der Waals surface area contributed by atoms with Crippen molar-refractivity contribution in [3.63, 3.8) is 0 Å². The molecule has 0 heterocycles. The highest BCUT2D eigenvalue weighted by Crippen LogP contribution is 2.32. The third-order valence-corrected chi connectivity index (χ3v) is 3.27. The van der Waals surface area contributed by atoms with E-state index in [1.165, 1.54) is 0 Å². The largest absolute Gasteiger partial charge is 0.478 e. The first-order valence-electron chi connectivity index (χ1n) is 6.51. The van der Waals surface area contributed by atoms with Crippen LogP contribution in [0.2, 0.25) is 0 Å². The van der Waals surface area contributed by atoms with Gasteiger partial charge in [0.1, 0.15) is 0 Å². The van der Waals surface area contributed by atoms with Crippen LogP contribution < -0.4 is 0 Å². The van der Waals surface area contributed by atoms with Crippen molar-refractivity contribution >= 4 is 11.5 Å². The van der Waals surface area contributed by atoms with Gasteiger partial charge in [-0.15, -0.1) is 0 Å². The molecule has 1 N–H and O–H groups in total. The summed E-state index contributed by atoms with van der Waals surface area (Å²) in [5.74, 6) is -0.967. The Kier molecular flexibility index (Phi) is 3.94. The summed E-state index contributed by atoms with van der Waals surface area (Å²) in [6.07, 6.45) is 0. The van der Waals surface area contributed by atoms with Gasteiger partial charge in [0.25, 0.3) is 0 Å². The highest BCUT2D eigenvalue weighted by atomic mass is 16.4. The molecule has 0 spiro atoms. The number of rotatable bonds is 2. The predicted molar refractivity (Wildman–Crippen MR) is 80.5 cm³/mol. The van der Waals surface area contributed by atoms with Crippen molar-refractivity contribution in [2.45, 2.75) is 52.4 Å². The summed E-state index contributed by atoms with van der Waals surface area (Å²) >= 11 is 0. The maximum atomic E-state index is 11.1. The van der Waals surface area contributed by atoms with Gasteiger partial charge in [0.15, 0.2) is 0 Å². The minimum atomic E-state index is -0.967. The Balaban J connectivity index is 3.50. The lowest BCUT2D eigenvalue weighted by Gasteiger charge is -2.26. The summed E-state index contributed by atoms with van der Waals surface area (Å²) < 4.78 is 0. The van der Waals surface area contributed by atoms with Crippen LogP contribution in [0, 0.1) is 0 Å². The van der Waals surface area contributed by atoms with E-state index in [1.54, 1.807) is 0 Å². The van der Waals surface area contributed by atoms with Crippen LogP contribution in [0.3, 0.4) is 0 Å². The Morgan fingerprint density at radius 3 is 1.58 bits per heavy atom. The van der Waals surface area contributed by atoms with Gasteiger partial charge >= 0.3 is 5.97 Å². The maximum Gasteiger partial charge on any atom is 0.335 e. The van der Waals surface area contributed by atoms with Crippen LogP contribution in [0.1, 0.15) is 58.2 Å². The molecule has 0 aromatic heterocycles. The zero-order valence-corrected chi connectivity index (χ0v) is 12.8. The molecule has 0 atom stereocenters. The third kappa shape index (κ3) is 3.69. The lowest BCUT2D eigenvalue weighted by atomic mass is 9.79. The van der Waals surface area contributed by atoms with E-state index in [4.69, 9.17) is 5.11 Å². The Morgan fingerprint density at radius 1 is 0.947 bits per heavy atom. The van der Waals surface area contributed by atoms with Gasteiger partial charge in [0, 0.05) is 0 Å². The highest BCUT2D eigenvalue weighted by molar-refractivity contribution is 6.14. The van der Waals surface area contributed by atoms with Crippen molar-refractivity contribution in [1.82, 2.24) is 0 Å². The van der Waals surface area contributed by atoms with E-state index in [0.717, 1.165) is 11.1 Å². The summed E-state index contributed by atoms with van der Waals surface area (Å²) in [7, 11) is 0. The van der Waals surface area contributed by atoms with Crippen molar-refractivity contribution in [1.29, 1.82) is 0 Å². The topological polar surface area (TPSA) is 37.3 Å². The minimum Gasteiger partial charge on any atom is -0.478 e. The average molecular weight is 260 g/mol. The fraction of sp³-hybridized carbons (Fsp3) is 0.471. The quantitative estimate of drug-likeness (QED) is 0.801. The Morgan fingerprint density at radius 2 is 1.32 bits per heavy atom. The van der Waals surface area contributed by atoms with Crippen molar-refractivity contribution in [3.05, 3.63) is 41.5 Å². The maximum absolute atomic E-state index is 11.1. The summed E-state index contributed by atoms with van der Waals surface area (Å²) in [5.41, 5.74) is 3.08. The molecule has 1 aromatic rings. The Hall–Kier alpha value is -1.57. The molecule has 0 saturated heterocycles. The summed E-state index contributed by atoms with van der Waals surface area (Å²) in [6.45, 7) is 16.4. The van der Waals surface area contributed by atoms with Crippen LogP contribution in [0.25, 0.3) is 5.57 Å². The monoisotopic (exact) mass is 260 g/mol. The molecule has 0 fully saturated rings. The number of aliphatic carboxylic acids is 1. The van der Waals surface area contributed by atoms with E-state index in [-0.39, 0.29) is 16.4 Å². The van der Waals surface area contributed by atoms with Crippen LogP contribution >= 0.6 is 0 Å². The van der Waals surface area contributed by atoms with E-state index in [2.05, 4.69) is 54.2 Å². The molecular formula is C17H24O2. The molecule has 0 saturated carbocycles. The number of carboxylic acids is 1. The van der Waals surface area contributed by atoms with Gasteiger partial charge in [0.2, 0.25) is 0 Å². The second-order valence-corrected chi connectivity index (χ2v) is 7.08. The molecular weight excluding hydrogens is 236 g/mol. The standard InChI is InChI=1S/C17H24O2/c1-11(15(18)19)12-8-13(16(2,3)4)10-14(9-12)17(5,6)7/h8-10H,1H2,2-7H3,(H,18,19). The Bertz CT molecular complexity index is 479. The van der Waals surface area contributed by atoms with Gasteiger partial charge < -0.3 is 5.11 Å².